The van der Waals surface area contributed by atoms with E-state index in [-0.39, 0.29) is 5.75 Å². The van der Waals surface area contributed by atoms with E-state index in [0.29, 0.717) is 25.3 Å². The number of hydrogen-bond donors (Lipinski definition) is 1. The van der Waals surface area contributed by atoms with Gasteiger partial charge in [0, 0.05) is 25.3 Å². The molecule has 2 rings (SSSR count). The Kier molecular flexibility index (Phi) is 3.92. The van der Waals surface area contributed by atoms with Crippen LogP contribution in [0, 0.1) is 6.92 Å². The Bertz CT molecular complexity index is 526. The number of hydrogen-bond acceptors (Lipinski definition) is 4. The van der Waals surface area contributed by atoms with Gasteiger partial charge in [-0.1, -0.05) is 6.07 Å². The van der Waals surface area contributed by atoms with Crippen molar-refractivity contribution in [2.75, 3.05) is 29.5 Å². The highest BCUT2D eigenvalue weighted by molar-refractivity contribution is 7.91. The van der Waals surface area contributed by atoms with E-state index in [1.807, 2.05) is 19.1 Å². The van der Waals surface area contributed by atoms with Crippen molar-refractivity contribution >= 4 is 15.5 Å². The SMILES string of the molecule is Cc1cc(N2CCCS(=O)(=O)CC2)ccc1CN. The van der Waals surface area contributed by atoms with Crippen LogP contribution in [0.4, 0.5) is 5.69 Å². The first-order valence-electron chi connectivity index (χ1n) is 6.27. The molecule has 0 atom stereocenters. The normalized spacial score (nSPS) is 19.6. The van der Waals surface area contributed by atoms with Crippen molar-refractivity contribution in [2.45, 2.75) is 19.9 Å². The molecule has 1 aromatic rings. The van der Waals surface area contributed by atoms with Gasteiger partial charge in [-0.05, 0) is 36.6 Å². The molecule has 0 aliphatic carbocycles. The summed E-state index contributed by atoms with van der Waals surface area (Å²) < 4.78 is 23.1. The van der Waals surface area contributed by atoms with Gasteiger partial charge >= 0.3 is 0 Å². The predicted octanol–water partition coefficient (Wildman–Crippen LogP) is 1.08. The maximum Gasteiger partial charge on any atom is 0.152 e. The summed E-state index contributed by atoms with van der Waals surface area (Å²) >= 11 is 0. The second-order valence-electron chi connectivity index (χ2n) is 4.81. The molecule has 2 N–H and O–H groups in total. The van der Waals surface area contributed by atoms with Gasteiger partial charge in [-0.15, -0.1) is 0 Å². The Morgan fingerprint density at radius 3 is 2.72 bits per heavy atom. The zero-order valence-electron chi connectivity index (χ0n) is 10.7. The summed E-state index contributed by atoms with van der Waals surface area (Å²) in [6, 6.07) is 6.16. The zero-order valence-corrected chi connectivity index (χ0v) is 11.5. The first-order valence-corrected chi connectivity index (χ1v) is 8.09. The monoisotopic (exact) mass is 268 g/mol. The highest BCUT2D eigenvalue weighted by Gasteiger charge is 2.19. The van der Waals surface area contributed by atoms with E-state index < -0.39 is 9.84 Å². The molecule has 0 aromatic heterocycles. The van der Waals surface area contributed by atoms with Gasteiger partial charge in [-0.2, -0.15) is 0 Å². The highest BCUT2D eigenvalue weighted by atomic mass is 32.2. The Hall–Kier alpha value is -1.07. The molecular formula is C13H20N2O2S. The zero-order chi connectivity index (χ0) is 13.2. The lowest BCUT2D eigenvalue weighted by Crippen LogP contribution is -2.26. The molecular weight excluding hydrogens is 248 g/mol. The minimum atomic E-state index is -2.84. The molecule has 0 bridgehead atoms. The van der Waals surface area contributed by atoms with Gasteiger partial charge in [0.2, 0.25) is 0 Å². The second kappa shape index (κ2) is 5.28. The lowest BCUT2D eigenvalue weighted by atomic mass is 10.1. The maximum absolute atomic E-state index is 11.6. The largest absolute Gasteiger partial charge is 0.370 e. The maximum atomic E-state index is 11.6. The van der Waals surface area contributed by atoms with Gasteiger partial charge in [-0.25, -0.2) is 8.42 Å². The Labute approximate surface area is 109 Å². The molecule has 5 heteroatoms. The molecule has 100 valence electrons. The van der Waals surface area contributed by atoms with Crippen molar-refractivity contribution < 1.29 is 8.42 Å². The van der Waals surface area contributed by atoms with Crippen molar-refractivity contribution in [1.82, 2.24) is 0 Å². The molecule has 0 unspecified atom stereocenters. The summed E-state index contributed by atoms with van der Waals surface area (Å²) in [6.45, 7) is 3.98. The van der Waals surface area contributed by atoms with Crippen LogP contribution >= 0.6 is 0 Å². The van der Waals surface area contributed by atoms with E-state index in [0.717, 1.165) is 17.8 Å². The van der Waals surface area contributed by atoms with Crippen LogP contribution < -0.4 is 10.6 Å². The third-order valence-electron chi connectivity index (χ3n) is 3.47. The summed E-state index contributed by atoms with van der Waals surface area (Å²) in [5.41, 5.74) is 9.05. The number of anilines is 1. The van der Waals surface area contributed by atoms with Crippen LogP contribution in [0.2, 0.25) is 0 Å². The summed E-state index contributed by atoms with van der Waals surface area (Å²) in [7, 11) is -2.84. The molecule has 1 aliphatic rings. The van der Waals surface area contributed by atoms with Crippen LogP contribution in [0.25, 0.3) is 0 Å². The number of nitrogens with two attached hydrogens (primary N) is 1. The predicted molar refractivity (Wildman–Crippen MR) is 74.6 cm³/mol. The van der Waals surface area contributed by atoms with Crippen LogP contribution in [0.5, 0.6) is 0 Å². The van der Waals surface area contributed by atoms with Gasteiger partial charge in [0.05, 0.1) is 11.5 Å². The van der Waals surface area contributed by atoms with Crippen molar-refractivity contribution in [3.05, 3.63) is 29.3 Å². The van der Waals surface area contributed by atoms with E-state index in [1.165, 1.54) is 5.56 Å². The molecule has 1 saturated heterocycles. The van der Waals surface area contributed by atoms with Gasteiger partial charge in [0.1, 0.15) is 0 Å². The average molecular weight is 268 g/mol. The van der Waals surface area contributed by atoms with Crippen LogP contribution in [-0.2, 0) is 16.4 Å². The third kappa shape index (κ3) is 3.03. The van der Waals surface area contributed by atoms with Gasteiger partial charge in [0.15, 0.2) is 9.84 Å². The summed E-state index contributed by atoms with van der Waals surface area (Å²) in [4.78, 5) is 2.15. The van der Waals surface area contributed by atoms with E-state index in [1.54, 1.807) is 0 Å². The van der Waals surface area contributed by atoms with Crippen LogP contribution in [0.3, 0.4) is 0 Å². The summed E-state index contributed by atoms with van der Waals surface area (Å²) in [5.74, 6) is 0.564. The van der Waals surface area contributed by atoms with Crippen molar-refractivity contribution in [3.63, 3.8) is 0 Å². The molecule has 0 radical (unpaired) electrons. The second-order valence-corrected chi connectivity index (χ2v) is 7.11. The minimum absolute atomic E-state index is 0.255. The van der Waals surface area contributed by atoms with Gasteiger partial charge in [0.25, 0.3) is 0 Å². The highest BCUT2D eigenvalue weighted by Crippen LogP contribution is 2.21. The van der Waals surface area contributed by atoms with Crippen LogP contribution in [0.1, 0.15) is 17.5 Å². The molecule has 1 fully saturated rings. The van der Waals surface area contributed by atoms with Gasteiger partial charge < -0.3 is 10.6 Å². The van der Waals surface area contributed by atoms with E-state index in [2.05, 4.69) is 11.0 Å². The summed E-state index contributed by atoms with van der Waals surface area (Å²) in [6.07, 6.45) is 0.708. The molecule has 1 aliphatic heterocycles. The fourth-order valence-corrected chi connectivity index (χ4v) is 3.57. The van der Waals surface area contributed by atoms with Crippen molar-refractivity contribution in [2.24, 2.45) is 5.73 Å². The molecule has 0 saturated carbocycles. The standard InChI is InChI=1S/C13H20N2O2S/c1-11-9-13(4-3-12(11)10-14)15-5-2-7-18(16,17)8-6-15/h3-4,9H,2,5-8,10,14H2,1H3. The van der Waals surface area contributed by atoms with Gasteiger partial charge in [-0.3, -0.25) is 0 Å². The number of rotatable bonds is 2. The first kappa shape index (κ1) is 13.4. The van der Waals surface area contributed by atoms with Crippen molar-refractivity contribution in [3.8, 4) is 0 Å². The molecule has 0 amide bonds. The Balaban J connectivity index is 2.19. The molecule has 4 nitrogen and oxygen atoms in total. The number of nitrogens with zero attached hydrogens (tertiary/aromatic N) is 1. The van der Waals surface area contributed by atoms with Crippen molar-refractivity contribution in [1.29, 1.82) is 0 Å². The fourth-order valence-electron chi connectivity index (χ4n) is 2.30. The summed E-state index contributed by atoms with van der Waals surface area (Å²) in [5, 5.41) is 0. The van der Waals surface area contributed by atoms with E-state index in [4.69, 9.17) is 5.73 Å². The quantitative estimate of drug-likeness (QED) is 0.872. The lowest BCUT2D eigenvalue weighted by molar-refractivity contribution is 0.597. The molecule has 18 heavy (non-hydrogen) atoms. The minimum Gasteiger partial charge on any atom is -0.370 e. The van der Waals surface area contributed by atoms with Crippen LogP contribution in [0.15, 0.2) is 18.2 Å². The molecule has 0 spiro atoms. The first-order chi connectivity index (χ1) is 8.52. The van der Waals surface area contributed by atoms with Crippen LogP contribution in [-0.4, -0.2) is 33.0 Å². The number of sulfone groups is 1. The number of benzene rings is 1. The van der Waals surface area contributed by atoms with E-state index >= 15 is 0 Å². The average Bonchev–Trinajstić information content (AvgIpc) is 2.50. The smallest absolute Gasteiger partial charge is 0.152 e. The third-order valence-corrected chi connectivity index (χ3v) is 5.18. The fraction of sp³-hybridized carbons (Fsp3) is 0.538. The molecule has 1 heterocycles. The Morgan fingerprint density at radius 2 is 2.06 bits per heavy atom. The van der Waals surface area contributed by atoms with E-state index in [9.17, 15) is 8.42 Å². The molecule has 1 aromatic carbocycles. The lowest BCUT2D eigenvalue weighted by Gasteiger charge is -2.23. The topological polar surface area (TPSA) is 63.4 Å². The Morgan fingerprint density at radius 1 is 1.28 bits per heavy atom. The number of aryl methyl sites for hydroxylation is 1.